The molecule has 1 fully saturated rings. The van der Waals surface area contributed by atoms with Gasteiger partial charge < -0.3 is 15.4 Å². The summed E-state index contributed by atoms with van der Waals surface area (Å²) < 4.78 is 5.40. The van der Waals surface area contributed by atoms with Gasteiger partial charge in [0, 0.05) is 36.7 Å². The zero-order valence-electron chi connectivity index (χ0n) is 11.7. The van der Waals surface area contributed by atoms with Crippen LogP contribution in [0.1, 0.15) is 34.1 Å². The fourth-order valence-electron chi connectivity index (χ4n) is 2.40. The monoisotopic (exact) mass is 276 g/mol. The number of primary amides is 1. The van der Waals surface area contributed by atoms with Crippen LogP contribution in [0.15, 0.2) is 24.3 Å². The molecule has 1 aliphatic rings. The van der Waals surface area contributed by atoms with Gasteiger partial charge in [0.2, 0.25) is 5.91 Å². The number of benzene rings is 1. The zero-order chi connectivity index (χ0) is 14.5. The summed E-state index contributed by atoms with van der Waals surface area (Å²) in [6, 6.07) is 6.48. The van der Waals surface area contributed by atoms with Gasteiger partial charge in [-0.05, 0) is 37.6 Å². The molecule has 2 amide bonds. The molecule has 1 aromatic carbocycles. The number of hydrogen-bond donors (Lipinski definition) is 1. The van der Waals surface area contributed by atoms with E-state index < -0.39 is 5.91 Å². The van der Waals surface area contributed by atoms with Crippen molar-refractivity contribution in [3.8, 4) is 0 Å². The average molecular weight is 276 g/mol. The average Bonchev–Trinajstić information content (AvgIpc) is 2.93. The molecule has 0 aromatic heterocycles. The summed E-state index contributed by atoms with van der Waals surface area (Å²) in [6.45, 7) is 4.88. The minimum atomic E-state index is -0.484. The number of carbonyl (C=O) groups excluding carboxylic acids is 2. The van der Waals surface area contributed by atoms with E-state index in [1.165, 1.54) is 0 Å². The second kappa shape index (κ2) is 6.52. The third-order valence-corrected chi connectivity index (χ3v) is 3.55. The first-order valence-corrected chi connectivity index (χ1v) is 6.88. The van der Waals surface area contributed by atoms with Gasteiger partial charge in [-0.3, -0.25) is 9.59 Å². The molecule has 2 N–H and O–H groups in total. The Kier molecular flexibility index (Phi) is 4.74. The Hall–Kier alpha value is -1.88. The third-order valence-electron chi connectivity index (χ3n) is 3.55. The van der Waals surface area contributed by atoms with Gasteiger partial charge in [0.1, 0.15) is 0 Å². The second-order valence-electron chi connectivity index (χ2n) is 5.01. The van der Waals surface area contributed by atoms with Crippen molar-refractivity contribution >= 4 is 11.8 Å². The summed E-state index contributed by atoms with van der Waals surface area (Å²) in [7, 11) is 0. The summed E-state index contributed by atoms with van der Waals surface area (Å²) in [5.41, 5.74) is 6.18. The van der Waals surface area contributed by atoms with Gasteiger partial charge in [-0.15, -0.1) is 0 Å². The maximum Gasteiger partial charge on any atom is 0.253 e. The molecule has 1 aromatic rings. The molecule has 108 valence electrons. The fraction of sp³-hybridized carbons (Fsp3) is 0.467. The van der Waals surface area contributed by atoms with Crippen molar-refractivity contribution in [2.75, 3.05) is 26.3 Å². The second-order valence-corrected chi connectivity index (χ2v) is 5.01. The largest absolute Gasteiger partial charge is 0.381 e. The molecule has 2 rings (SSSR count). The Morgan fingerprint density at radius 3 is 2.55 bits per heavy atom. The SMILES string of the molecule is CCOCC1CCN(C(=O)c2ccc(C(N)=O)cc2)C1. The number of nitrogens with two attached hydrogens (primary N) is 1. The van der Waals surface area contributed by atoms with Crippen LogP contribution in [0.4, 0.5) is 0 Å². The minimum absolute atomic E-state index is 0.0000175. The van der Waals surface area contributed by atoms with Crippen LogP contribution in [0.5, 0.6) is 0 Å². The van der Waals surface area contributed by atoms with Crippen LogP contribution < -0.4 is 5.73 Å². The van der Waals surface area contributed by atoms with Crippen molar-refractivity contribution in [3.05, 3.63) is 35.4 Å². The summed E-state index contributed by atoms with van der Waals surface area (Å²) in [5.74, 6) is -0.0641. The van der Waals surface area contributed by atoms with E-state index in [1.807, 2.05) is 11.8 Å². The molecule has 5 heteroatoms. The molecule has 1 heterocycles. The summed E-state index contributed by atoms with van der Waals surface area (Å²) in [4.78, 5) is 25.1. The van der Waals surface area contributed by atoms with Crippen LogP contribution in [-0.2, 0) is 4.74 Å². The first-order chi connectivity index (χ1) is 9.61. The van der Waals surface area contributed by atoms with Crippen molar-refractivity contribution < 1.29 is 14.3 Å². The maximum absolute atomic E-state index is 12.3. The van der Waals surface area contributed by atoms with Gasteiger partial charge in [-0.1, -0.05) is 0 Å². The quantitative estimate of drug-likeness (QED) is 0.880. The lowest BCUT2D eigenvalue weighted by Gasteiger charge is -2.16. The van der Waals surface area contributed by atoms with Crippen LogP contribution in [-0.4, -0.2) is 43.0 Å². The van der Waals surface area contributed by atoms with Crippen molar-refractivity contribution in [2.24, 2.45) is 11.7 Å². The highest BCUT2D eigenvalue weighted by Crippen LogP contribution is 2.19. The number of carbonyl (C=O) groups is 2. The van der Waals surface area contributed by atoms with E-state index in [2.05, 4.69) is 0 Å². The third kappa shape index (κ3) is 3.36. The molecule has 1 aliphatic heterocycles. The fourth-order valence-corrected chi connectivity index (χ4v) is 2.40. The first kappa shape index (κ1) is 14.5. The van der Waals surface area contributed by atoms with E-state index in [9.17, 15) is 9.59 Å². The number of likely N-dealkylation sites (tertiary alicyclic amines) is 1. The standard InChI is InChI=1S/C15H20N2O3/c1-2-20-10-11-7-8-17(9-11)15(19)13-5-3-12(4-6-13)14(16)18/h3-6,11H,2,7-10H2,1H3,(H2,16,18). The highest BCUT2D eigenvalue weighted by Gasteiger charge is 2.26. The van der Waals surface area contributed by atoms with E-state index in [0.29, 0.717) is 30.3 Å². The molecule has 1 saturated heterocycles. The Bertz CT molecular complexity index is 484. The molecular weight excluding hydrogens is 256 g/mol. The summed E-state index contributed by atoms with van der Waals surface area (Å²) in [5, 5.41) is 0. The molecule has 1 unspecified atom stereocenters. The lowest BCUT2D eigenvalue weighted by atomic mass is 10.1. The number of hydrogen-bond acceptors (Lipinski definition) is 3. The van der Waals surface area contributed by atoms with Gasteiger partial charge in [0.15, 0.2) is 0 Å². The molecule has 0 spiro atoms. The molecule has 0 saturated carbocycles. The Balaban J connectivity index is 1.96. The van der Waals surface area contributed by atoms with E-state index in [1.54, 1.807) is 24.3 Å². The molecule has 1 atom stereocenters. The van der Waals surface area contributed by atoms with Crippen molar-refractivity contribution in [1.29, 1.82) is 0 Å². The minimum Gasteiger partial charge on any atom is -0.381 e. The van der Waals surface area contributed by atoms with E-state index in [4.69, 9.17) is 10.5 Å². The molecule has 0 radical (unpaired) electrons. The Labute approximate surface area is 118 Å². The topological polar surface area (TPSA) is 72.6 Å². The van der Waals surface area contributed by atoms with Crippen molar-refractivity contribution in [2.45, 2.75) is 13.3 Å². The van der Waals surface area contributed by atoms with Crippen LogP contribution in [0, 0.1) is 5.92 Å². The molecule has 0 aliphatic carbocycles. The van der Waals surface area contributed by atoms with Crippen LogP contribution in [0.25, 0.3) is 0 Å². The molecule has 0 bridgehead atoms. The van der Waals surface area contributed by atoms with Gasteiger partial charge in [0.05, 0.1) is 6.61 Å². The van der Waals surface area contributed by atoms with E-state index >= 15 is 0 Å². The van der Waals surface area contributed by atoms with Gasteiger partial charge in [-0.25, -0.2) is 0 Å². The molecule has 20 heavy (non-hydrogen) atoms. The lowest BCUT2D eigenvalue weighted by molar-refractivity contribution is 0.0762. The number of ether oxygens (including phenoxy) is 1. The number of nitrogens with zero attached hydrogens (tertiary/aromatic N) is 1. The van der Waals surface area contributed by atoms with E-state index in [-0.39, 0.29) is 5.91 Å². The van der Waals surface area contributed by atoms with Crippen LogP contribution in [0.3, 0.4) is 0 Å². The van der Waals surface area contributed by atoms with Crippen LogP contribution >= 0.6 is 0 Å². The molecular formula is C15H20N2O3. The van der Waals surface area contributed by atoms with Gasteiger partial charge >= 0.3 is 0 Å². The lowest BCUT2D eigenvalue weighted by Crippen LogP contribution is -2.29. The van der Waals surface area contributed by atoms with Crippen molar-refractivity contribution in [3.63, 3.8) is 0 Å². The number of rotatable bonds is 5. The highest BCUT2D eigenvalue weighted by atomic mass is 16.5. The molecule has 5 nitrogen and oxygen atoms in total. The normalized spacial score (nSPS) is 18.2. The van der Waals surface area contributed by atoms with Gasteiger partial charge in [-0.2, -0.15) is 0 Å². The van der Waals surface area contributed by atoms with E-state index in [0.717, 1.165) is 19.5 Å². The number of amides is 2. The van der Waals surface area contributed by atoms with Crippen molar-refractivity contribution in [1.82, 2.24) is 4.90 Å². The highest BCUT2D eigenvalue weighted by molar-refractivity contribution is 5.97. The van der Waals surface area contributed by atoms with Gasteiger partial charge in [0.25, 0.3) is 5.91 Å². The Morgan fingerprint density at radius 1 is 1.30 bits per heavy atom. The predicted molar refractivity (Wildman–Crippen MR) is 75.5 cm³/mol. The predicted octanol–water partition coefficient (Wildman–Crippen LogP) is 1.28. The first-order valence-electron chi connectivity index (χ1n) is 6.88. The summed E-state index contributed by atoms with van der Waals surface area (Å²) >= 11 is 0. The maximum atomic E-state index is 12.3. The smallest absolute Gasteiger partial charge is 0.253 e. The summed E-state index contributed by atoms with van der Waals surface area (Å²) in [6.07, 6.45) is 0.977. The van der Waals surface area contributed by atoms with Crippen LogP contribution in [0.2, 0.25) is 0 Å². The zero-order valence-corrected chi connectivity index (χ0v) is 11.7. The Morgan fingerprint density at radius 2 is 1.95 bits per heavy atom.